The molecule has 160 valence electrons. The standard InChI is InChI=1S/C25H31NO4/c1-19(2)21-9-11-23(12-10-21)30-18-22(27)16-26(17-25-8-5-13-29-25)15-20-6-4-7-24(14-20)28-3/h4-14,19,22,27H,15-18H2,1-3H3. The number of hydrogen-bond acceptors (Lipinski definition) is 5. The first-order valence-corrected chi connectivity index (χ1v) is 10.3. The fraction of sp³-hybridized carbons (Fsp3) is 0.360. The lowest BCUT2D eigenvalue weighted by molar-refractivity contribution is 0.0604. The number of hydrogen-bond donors (Lipinski definition) is 1. The van der Waals surface area contributed by atoms with E-state index in [2.05, 4.69) is 36.9 Å². The summed E-state index contributed by atoms with van der Waals surface area (Å²) < 4.78 is 16.6. The van der Waals surface area contributed by atoms with E-state index in [4.69, 9.17) is 13.9 Å². The molecule has 0 bridgehead atoms. The molecule has 30 heavy (non-hydrogen) atoms. The van der Waals surface area contributed by atoms with Crippen molar-refractivity contribution in [3.8, 4) is 11.5 Å². The SMILES string of the molecule is COc1cccc(CN(Cc2ccco2)CC(O)COc2ccc(C(C)C)cc2)c1. The fourth-order valence-corrected chi connectivity index (χ4v) is 3.33. The molecule has 0 aliphatic heterocycles. The summed E-state index contributed by atoms with van der Waals surface area (Å²) >= 11 is 0. The van der Waals surface area contributed by atoms with Crippen LogP contribution in [0.4, 0.5) is 0 Å². The van der Waals surface area contributed by atoms with Crippen LogP contribution in [0.1, 0.15) is 36.7 Å². The van der Waals surface area contributed by atoms with E-state index in [1.165, 1.54) is 5.56 Å². The van der Waals surface area contributed by atoms with Gasteiger partial charge < -0.3 is 19.0 Å². The van der Waals surface area contributed by atoms with Gasteiger partial charge >= 0.3 is 0 Å². The van der Waals surface area contributed by atoms with E-state index in [1.807, 2.05) is 42.5 Å². The van der Waals surface area contributed by atoms with Gasteiger partial charge in [-0.2, -0.15) is 0 Å². The van der Waals surface area contributed by atoms with Crippen molar-refractivity contribution in [2.24, 2.45) is 0 Å². The zero-order valence-corrected chi connectivity index (χ0v) is 18.0. The van der Waals surface area contributed by atoms with Crippen LogP contribution in [-0.2, 0) is 13.1 Å². The second-order valence-electron chi connectivity index (χ2n) is 7.79. The van der Waals surface area contributed by atoms with Gasteiger partial charge in [-0.05, 0) is 53.4 Å². The van der Waals surface area contributed by atoms with E-state index < -0.39 is 6.10 Å². The van der Waals surface area contributed by atoms with Crippen LogP contribution >= 0.6 is 0 Å². The van der Waals surface area contributed by atoms with Crippen LogP contribution in [0.2, 0.25) is 0 Å². The van der Waals surface area contributed by atoms with E-state index >= 15 is 0 Å². The maximum atomic E-state index is 10.6. The molecule has 0 aliphatic rings. The molecule has 0 radical (unpaired) electrons. The quantitative estimate of drug-likeness (QED) is 0.490. The number of furan rings is 1. The lowest BCUT2D eigenvalue weighted by Crippen LogP contribution is -2.35. The first-order valence-electron chi connectivity index (χ1n) is 10.3. The van der Waals surface area contributed by atoms with E-state index in [-0.39, 0.29) is 6.61 Å². The van der Waals surface area contributed by atoms with Gasteiger partial charge in [-0.3, -0.25) is 4.90 Å². The van der Waals surface area contributed by atoms with Gasteiger partial charge in [0.1, 0.15) is 30.0 Å². The maximum absolute atomic E-state index is 10.6. The zero-order chi connectivity index (χ0) is 21.3. The average molecular weight is 410 g/mol. The Morgan fingerprint density at radius 2 is 1.77 bits per heavy atom. The van der Waals surface area contributed by atoms with Crippen molar-refractivity contribution in [3.63, 3.8) is 0 Å². The smallest absolute Gasteiger partial charge is 0.119 e. The summed E-state index contributed by atoms with van der Waals surface area (Å²) in [6.07, 6.45) is 1.04. The van der Waals surface area contributed by atoms with E-state index in [0.29, 0.717) is 25.6 Å². The summed E-state index contributed by atoms with van der Waals surface area (Å²) in [6, 6.07) is 19.8. The third-order valence-corrected chi connectivity index (χ3v) is 4.96. The second kappa shape index (κ2) is 10.9. The molecule has 0 saturated heterocycles. The number of aliphatic hydroxyl groups is 1. The number of benzene rings is 2. The lowest BCUT2D eigenvalue weighted by Gasteiger charge is -2.24. The number of ether oxygens (including phenoxy) is 2. The normalized spacial score (nSPS) is 12.3. The van der Waals surface area contributed by atoms with Gasteiger partial charge in [0.05, 0.1) is 19.9 Å². The summed E-state index contributed by atoms with van der Waals surface area (Å²) in [7, 11) is 1.66. The third kappa shape index (κ3) is 6.65. The molecule has 0 spiro atoms. The Kier molecular flexibility index (Phi) is 7.94. The molecule has 1 aromatic heterocycles. The highest BCUT2D eigenvalue weighted by Crippen LogP contribution is 2.19. The van der Waals surface area contributed by atoms with Gasteiger partial charge in [0, 0.05) is 13.1 Å². The molecule has 2 aromatic carbocycles. The maximum Gasteiger partial charge on any atom is 0.119 e. The minimum Gasteiger partial charge on any atom is -0.497 e. The fourth-order valence-electron chi connectivity index (χ4n) is 3.33. The van der Waals surface area contributed by atoms with E-state index in [9.17, 15) is 5.11 Å². The van der Waals surface area contributed by atoms with Gasteiger partial charge in [0.2, 0.25) is 0 Å². The summed E-state index contributed by atoms with van der Waals surface area (Å²) in [5.41, 5.74) is 2.38. The van der Waals surface area contributed by atoms with E-state index in [1.54, 1.807) is 13.4 Å². The number of rotatable bonds is 11. The molecular weight excluding hydrogens is 378 g/mol. The van der Waals surface area contributed by atoms with Crippen LogP contribution in [0.5, 0.6) is 11.5 Å². The molecular formula is C25H31NO4. The van der Waals surface area contributed by atoms with Gasteiger partial charge in [-0.15, -0.1) is 0 Å². The minimum atomic E-state index is -0.629. The number of methoxy groups -OCH3 is 1. The zero-order valence-electron chi connectivity index (χ0n) is 18.0. The third-order valence-electron chi connectivity index (χ3n) is 4.96. The summed E-state index contributed by atoms with van der Waals surface area (Å²) in [4.78, 5) is 2.14. The highest BCUT2D eigenvalue weighted by Gasteiger charge is 2.15. The molecule has 1 atom stereocenters. The Hall–Kier alpha value is -2.76. The molecule has 3 aromatic rings. The first kappa shape index (κ1) is 21.9. The van der Waals surface area contributed by atoms with Crippen molar-refractivity contribution in [3.05, 3.63) is 83.8 Å². The van der Waals surface area contributed by atoms with Gasteiger partial charge in [0.25, 0.3) is 0 Å². The van der Waals surface area contributed by atoms with Crippen molar-refractivity contribution in [1.29, 1.82) is 0 Å². The van der Waals surface area contributed by atoms with Crippen LogP contribution in [0.25, 0.3) is 0 Å². The van der Waals surface area contributed by atoms with Crippen LogP contribution in [0, 0.1) is 0 Å². The summed E-state index contributed by atoms with van der Waals surface area (Å²) in [6.45, 7) is 6.28. The van der Waals surface area contributed by atoms with Crippen molar-refractivity contribution >= 4 is 0 Å². The van der Waals surface area contributed by atoms with Crippen LogP contribution in [0.15, 0.2) is 71.3 Å². The molecule has 1 N–H and O–H groups in total. The van der Waals surface area contributed by atoms with E-state index in [0.717, 1.165) is 22.8 Å². The molecule has 1 heterocycles. The molecule has 1 unspecified atom stereocenters. The first-order chi connectivity index (χ1) is 14.5. The molecule has 5 heteroatoms. The van der Waals surface area contributed by atoms with Crippen LogP contribution in [-0.4, -0.2) is 36.4 Å². The van der Waals surface area contributed by atoms with Crippen molar-refractivity contribution in [1.82, 2.24) is 4.90 Å². The molecule has 5 nitrogen and oxygen atoms in total. The van der Waals surface area contributed by atoms with Crippen molar-refractivity contribution in [2.45, 2.75) is 39.0 Å². The van der Waals surface area contributed by atoms with Crippen molar-refractivity contribution < 1.29 is 19.0 Å². The molecule has 0 amide bonds. The summed E-state index contributed by atoms with van der Waals surface area (Å²) in [5, 5.41) is 10.6. The molecule has 0 aliphatic carbocycles. The van der Waals surface area contributed by atoms with Crippen molar-refractivity contribution in [2.75, 3.05) is 20.3 Å². The minimum absolute atomic E-state index is 0.230. The Morgan fingerprint density at radius 1 is 0.967 bits per heavy atom. The van der Waals surface area contributed by atoms with Crippen LogP contribution in [0.3, 0.4) is 0 Å². The van der Waals surface area contributed by atoms with Gasteiger partial charge in [0.15, 0.2) is 0 Å². The Bertz CT molecular complexity index is 874. The summed E-state index contributed by atoms with van der Waals surface area (Å²) in [5.74, 6) is 2.93. The average Bonchev–Trinajstić information content (AvgIpc) is 3.25. The molecule has 0 fully saturated rings. The highest BCUT2D eigenvalue weighted by atomic mass is 16.5. The predicted octanol–water partition coefficient (Wildman–Crippen LogP) is 4.85. The second-order valence-corrected chi connectivity index (χ2v) is 7.79. The van der Waals surface area contributed by atoms with Crippen LogP contribution < -0.4 is 9.47 Å². The molecule has 0 saturated carbocycles. The Balaban J connectivity index is 1.59. The van der Waals surface area contributed by atoms with Gasteiger partial charge in [-0.25, -0.2) is 0 Å². The molecule has 3 rings (SSSR count). The topological polar surface area (TPSA) is 55.1 Å². The number of aliphatic hydroxyl groups excluding tert-OH is 1. The monoisotopic (exact) mass is 409 g/mol. The Morgan fingerprint density at radius 3 is 2.43 bits per heavy atom. The highest BCUT2D eigenvalue weighted by molar-refractivity contribution is 5.29. The Labute approximate surface area is 178 Å². The largest absolute Gasteiger partial charge is 0.497 e. The lowest BCUT2D eigenvalue weighted by atomic mass is 10.0. The van der Waals surface area contributed by atoms with Gasteiger partial charge in [-0.1, -0.05) is 38.1 Å². The predicted molar refractivity (Wildman–Crippen MR) is 118 cm³/mol. The number of nitrogens with zero attached hydrogens (tertiary/aromatic N) is 1.